The largest absolute Gasteiger partial charge is 0.328 e. The molecule has 2 atom stereocenters. The molecular formula is C11H22N2OS. The highest BCUT2D eigenvalue weighted by Crippen LogP contribution is 2.24. The van der Waals surface area contributed by atoms with Crippen molar-refractivity contribution < 1.29 is 4.21 Å². The molecule has 2 aliphatic rings. The van der Waals surface area contributed by atoms with Gasteiger partial charge in [0.25, 0.3) is 0 Å². The van der Waals surface area contributed by atoms with Crippen molar-refractivity contribution in [2.24, 2.45) is 11.7 Å². The zero-order valence-corrected chi connectivity index (χ0v) is 10.2. The van der Waals surface area contributed by atoms with Crippen molar-refractivity contribution in [3.63, 3.8) is 0 Å². The van der Waals surface area contributed by atoms with Crippen LogP contribution in [0, 0.1) is 5.92 Å². The first-order valence-electron chi connectivity index (χ1n) is 6.07. The number of nitrogens with zero attached hydrogens (tertiary/aromatic N) is 1. The Kier molecular flexibility index (Phi) is 4.17. The summed E-state index contributed by atoms with van der Waals surface area (Å²) in [4.78, 5) is 2.48. The Balaban J connectivity index is 1.74. The van der Waals surface area contributed by atoms with Crippen LogP contribution in [0.3, 0.4) is 0 Å². The molecule has 1 aliphatic heterocycles. The van der Waals surface area contributed by atoms with Gasteiger partial charge < -0.3 is 10.6 Å². The highest BCUT2D eigenvalue weighted by molar-refractivity contribution is 7.85. The molecule has 2 N–H and O–H groups in total. The fraction of sp³-hybridized carbons (Fsp3) is 1.00. The molecule has 0 amide bonds. The average molecular weight is 230 g/mol. The Morgan fingerprint density at radius 1 is 1.27 bits per heavy atom. The number of hydrogen-bond donors (Lipinski definition) is 1. The molecule has 3 nitrogen and oxygen atoms in total. The second kappa shape index (κ2) is 5.41. The first-order chi connectivity index (χ1) is 7.24. The molecule has 0 spiro atoms. The molecule has 1 aliphatic carbocycles. The van der Waals surface area contributed by atoms with Crippen LogP contribution in [0.1, 0.15) is 25.7 Å². The van der Waals surface area contributed by atoms with Crippen LogP contribution in [0.4, 0.5) is 0 Å². The quantitative estimate of drug-likeness (QED) is 0.754. The zero-order chi connectivity index (χ0) is 10.7. The van der Waals surface area contributed by atoms with Crippen LogP contribution in [-0.4, -0.2) is 46.3 Å². The van der Waals surface area contributed by atoms with Crippen LogP contribution in [-0.2, 0) is 10.8 Å². The molecule has 2 unspecified atom stereocenters. The monoisotopic (exact) mass is 230 g/mol. The average Bonchev–Trinajstić information content (AvgIpc) is 2.22. The highest BCUT2D eigenvalue weighted by Gasteiger charge is 2.23. The predicted molar refractivity (Wildman–Crippen MR) is 64.2 cm³/mol. The standard InChI is InChI=1S/C11H22N2OS/c12-11-3-1-2-10(8-11)9-13-4-6-15(14)7-5-13/h10-11H,1-9,12H2. The van der Waals surface area contributed by atoms with E-state index >= 15 is 0 Å². The molecule has 4 heteroatoms. The summed E-state index contributed by atoms with van der Waals surface area (Å²) in [5, 5.41) is 0. The van der Waals surface area contributed by atoms with Gasteiger partial charge in [0.2, 0.25) is 0 Å². The lowest BCUT2D eigenvalue weighted by atomic mass is 9.86. The van der Waals surface area contributed by atoms with Crippen LogP contribution in [0.5, 0.6) is 0 Å². The number of nitrogens with two attached hydrogens (primary N) is 1. The summed E-state index contributed by atoms with van der Waals surface area (Å²) in [6.07, 6.45) is 5.04. The molecule has 88 valence electrons. The van der Waals surface area contributed by atoms with Gasteiger partial charge in [-0.15, -0.1) is 0 Å². The van der Waals surface area contributed by atoms with E-state index in [9.17, 15) is 4.21 Å². The maximum atomic E-state index is 11.2. The second-order valence-electron chi connectivity index (χ2n) is 4.94. The fourth-order valence-electron chi connectivity index (χ4n) is 2.72. The van der Waals surface area contributed by atoms with Gasteiger partial charge in [0.15, 0.2) is 0 Å². The summed E-state index contributed by atoms with van der Waals surface area (Å²) in [6, 6.07) is 0.433. The van der Waals surface area contributed by atoms with E-state index in [2.05, 4.69) is 4.90 Å². The maximum absolute atomic E-state index is 11.2. The van der Waals surface area contributed by atoms with Crippen LogP contribution < -0.4 is 5.73 Å². The molecule has 0 aromatic heterocycles. The van der Waals surface area contributed by atoms with Crippen molar-refractivity contribution in [1.82, 2.24) is 4.90 Å². The number of hydrogen-bond acceptors (Lipinski definition) is 3. The second-order valence-corrected chi connectivity index (χ2v) is 6.64. The highest BCUT2D eigenvalue weighted by atomic mass is 32.2. The summed E-state index contributed by atoms with van der Waals surface area (Å²) in [5.74, 6) is 2.54. The zero-order valence-electron chi connectivity index (χ0n) is 9.36. The van der Waals surface area contributed by atoms with Gasteiger partial charge in [-0.1, -0.05) is 6.42 Å². The van der Waals surface area contributed by atoms with Crippen molar-refractivity contribution >= 4 is 10.8 Å². The topological polar surface area (TPSA) is 46.3 Å². The Bertz CT molecular complexity index is 225. The Labute approximate surface area is 94.9 Å². The summed E-state index contributed by atoms with van der Waals surface area (Å²) in [5.41, 5.74) is 5.99. The Hall–Kier alpha value is 0.0700. The van der Waals surface area contributed by atoms with Gasteiger partial charge in [-0.05, 0) is 25.2 Å². The van der Waals surface area contributed by atoms with E-state index in [1.165, 1.54) is 32.2 Å². The normalized spacial score (nSPS) is 35.5. The van der Waals surface area contributed by atoms with Crippen LogP contribution in [0.25, 0.3) is 0 Å². The fourth-order valence-corrected chi connectivity index (χ4v) is 3.85. The van der Waals surface area contributed by atoms with Crippen molar-refractivity contribution in [2.45, 2.75) is 31.7 Å². The van der Waals surface area contributed by atoms with Gasteiger partial charge in [-0.2, -0.15) is 0 Å². The van der Waals surface area contributed by atoms with Gasteiger partial charge in [0, 0.05) is 48.0 Å². The van der Waals surface area contributed by atoms with E-state index in [1.807, 2.05) is 0 Å². The first kappa shape index (κ1) is 11.6. The van der Waals surface area contributed by atoms with Crippen molar-refractivity contribution in [3.8, 4) is 0 Å². The van der Waals surface area contributed by atoms with Crippen molar-refractivity contribution in [1.29, 1.82) is 0 Å². The number of rotatable bonds is 2. The van der Waals surface area contributed by atoms with Crippen LogP contribution in [0.15, 0.2) is 0 Å². The van der Waals surface area contributed by atoms with E-state index in [-0.39, 0.29) is 0 Å². The molecule has 2 rings (SSSR count). The van der Waals surface area contributed by atoms with E-state index in [1.54, 1.807) is 0 Å². The van der Waals surface area contributed by atoms with Crippen molar-refractivity contribution in [3.05, 3.63) is 0 Å². The van der Waals surface area contributed by atoms with E-state index in [4.69, 9.17) is 5.73 Å². The van der Waals surface area contributed by atoms with Gasteiger partial charge >= 0.3 is 0 Å². The predicted octanol–water partition coefficient (Wildman–Crippen LogP) is 0.568. The molecular weight excluding hydrogens is 208 g/mol. The summed E-state index contributed by atoms with van der Waals surface area (Å²) >= 11 is 0. The Morgan fingerprint density at radius 3 is 2.67 bits per heavy atom. The molecule has 0 bridgehead atoms. The summed E-state index contributed by atoms with van der Waals surface area (Å²) in [7, 11) is -0.541. The van der Waals surface area contributed by atoms with E-state index in [0.717, 1.165) is 30.5 Å². The molecule has 15 heavy (non-hydrogen) atoms. The lowest BCUT2D eigenvalue weighted by Crippen LogP contribution is -2.42. The van der Waals surface area contributed by atoms with Crippen molar-refractivity contribution in [2.75, 3.05) is 31.1 Å². The lowest BCUT2D eigenvalue weighted by molar-refractivity contribution is 0.204. The molecule has 2 fully saturated rings. The van der Waals surface area contributed by atoms with Gasteiger partial charge in [-0.25, -0.2) is 0 Å². The SMILES string of the molecule is NC1CCCC(CN2CCS(=O)CC2)C1. The smallest absolute Gasteiger partial charge is 0.0363 e. The van der Waals surface area contributed by atoms with Crippen LogP contribution in [0.2, 0.25) is 0 Å². The minimum Gasteiger partial charge on any atom is -0.328 e. The van der Waals surface area contributed by atoms with Gasteiger partial charge in [0.1, 0.15) is 0 Å². The molecule has 0 radical (unpaired) electrons. The first-order valence-corrected chi connectivity index (χ1v) is 7.56. The third-order valence-electron chi connectivity index (χ3n) is 3.61. The third kappa shape index (κ3) is 3.54. The third-order valence-corrected chi connectivity index (χ3v) is 4.89. The Morgan fingerprint density at radius 2 is 2.00 bits per heavy atom. The minimum absolute atomic E-state index is 0.433. The molecule has 1 saturated heterocycles. The molecule has 1 saturated carbocycles. The van der Waals surface area contributed by atoms with E-state index < -0.39 is 10.8 Å². The minimum atomic E-state index is -0.541. The van der Waals surface area contributed by atoms with Crippen LogP contribution >= 0.6 is 0 Å². The molecule has 0 aromatic carbocycles. The van der Waals surface area contributed by atoms with E-state index in [0.29, 0.717) is 6.04 Å². The van der Waals surface area contributed by atoms with Gasteiger partial charge in [-0.3, -0.25) is 4.21 Å². The lowest BCUT2D eigenvalue weighted by Gasteiger charge is -2.33. The molecule has 1 heterocycles. The molecule has 0 aromatic rings. The van der Waals surface area contributed by atoms with Gasteiger partial charge in [0.05, 0.1) is 0 Å². The summed E-state index contributed by atoms with van der Waals surface area (Å²) < 4.78 is 11.2. The summed E-state index contributed by atoms with van der Waals surface area (Å²) in [6.45, 7) is 3.24. The maximum Gasteiger partial charge on any atom is 0.0363 e.